The second-order valence-corrected chi connectivity index (χ2v) is 5.12. The number of aliphatic hydroxyl groups excluding tert-OH is 1. The standard InChI is InChI=1S/C13H30N2O/c1-6-13(7-2,11-16)10-14-8-9-15(5)12(3)4/h12,14,16H,6-11H2,1-5H3. The average molecular weight is 230 g/mol. The Morgan fingerprint density at radius 3 is 2.19 bits per heavy atom. The molecule has 0 fully saturated rings. The third-order valence-corrected chi connectivity index (χ3v) is 3.86. The van der Waals surface area contributed by atoms with Crippen LogP contribution in [-0.4, -0.2) is 49.3 Å². The van der Waals surface area contributed by atoms with Crippen LogP contribution >= 0.6 is 0 Å². The van der Waals surface area contributed by atoms with Crippen molar-refractivity contribution in [2.24, 2.45) is 5.41 Å². The van der Waals surface area contributed by atoms with Gasteiger partial charge < -0.3 is 15.3 Å². The summed E-state index contributed by atoms with van der Waals surface area (Å²) in [6, 6.07) is 0.599. The number of aliphatic hydroxyl groups is 1. The van der Waals surface area contributed by atoms with Crippen molar-refractivity contribution in [3.05, 3.63) is 0 Å². The number of nitrogens with zero attached hydrogens (tertiary/aromatic N) is 1. The minimum atomic E-state index is 0.0798. The van der Waals surface area contributed by atoms with E-state index in [2.05, 4.69) is 45.0 Å². The van der Waals surface area contributed by atoms with Gasteiger partial charge in [0.1, 0.15) is 0 Å². The summed E-state index contributed by atoms with van der Waals surface area (Å²) < 4.78 is 0. The minimum absolute atomic E-state index is 0.0798. The number of likely N-dealkylation sites (N-methyl/N-ethyl adjacent to an activating group) is 1. The van der Waals surface area contributed by atoms with Crippen molar-refractivity contribution < 1.29 is 5.11 Å². The van der Waals surface area contributed by atoms with Crippen molar-refractivity contribution in [1.82, 2.24) is 10.2 Å². The Balaban J connectivity index is 3.79. The normalized spacial score (nSPS) is 12.8. The minimum Gasteiger partial charge on any atom is -0.396 e. The first-order chi connectivity index (χ1) is 7.51. The Morgan fingerprint density at radius 1 is 1.25 bits per heavy atom. The first-order valence-corrected chi connectivity index (χ1v) is 6.53. The molecule has 0 spiro atoms. The summed E-state index contributed by atoms with van der Waals surface area (Å²) in [5.41, 5.74) is 0.0798. The Kier molecular flexibility index (Phi) is 7.98. The first-order valence-electron chi connectivity index (χ1n) is 6.53. The van der Waals surface area contributed by atoms with E-state index in [-0.39, 0.29) is 12.0 Å². The van der Waals surface area contributed by atoms with E-state index in [0.29, 0.717) is 6.04 Å². The summed E-state index contributed by atoms with van der Waals surface area (Å²) >= 11 is 0. The van der Waals surface area contributed by atoms with Gasteiger partial charge in [-0.05, 0) is 33.7 Å². The predicted octanol–water partition coefficient (Wildman–Crippen LogP) is 1.71. The van der Waals surface area contributed by atoms with Crippen molar-refractivity contribution in [2.45, 2.75) is 46.6 Å². The number of rotatable bonds is 9. The van der Waals surface area contributed by atoms with E-state index in [1.165, 1.54) is 0 Å². The molecule has 0 radical (unpaired) electrons. The lowest BCUT2D eigenvalue weighted by Crippen LogP contribution is -2.40. The van der Waals surface area contributed by atoms with E-state index < -0.39 is 0 Å². The van der Waals surface area contributed by atoms with Gasteiger partial charge in [0.2, 0.25) is 0 Å². The van der Waals surface area contributed by atoms with E-state index >= 15 is 0 Å². The van der Waals surface area contributed by atoms with Gasteiger partial charge >= 0.3 is 0 Å². The molecule has 3 nitrogen and oxygen atoms in total. The van der Waals surface area contributed by atoms with Gasteiger partial charge in [0.25, 0.3) is 0 Å². The molecule has 0 aliphatic carbocycles. The van der Waals surface area contributed by atoms with Gasteiger partial charge in [0.15, 0.2) is 0 Å². The third-order valence-electron chi connectivity index (χ3n) is 3.86. The SMILES string of the molecule is CCC(CC)(CO)CNCCN(C)C(C)C. The number of hydrogen-bond acceptors (Lipinski definition) is 3. The predicted molar refractivity (Wildman–Crippen MR) is 70.7 cm³/mol. The topological polar surface area (TPSA) is 35.5 Å². The van der Waals surface area contributed by atoms with Crippen LogP contribution in [0.1, 0.15) is 40.5 Å². The average Bonchev–Trinajstić information content (AvgIpc) is 2.30. The Hall–Kier alpha value is -0.120. The smallest absolute Gasteiger partial charge is 0.0499 e. The molecule has 0 aromatic carbocycles. The largest absolute Gasteiger partial charge is 0.396 e. The van der Waals surface area contributed by atoms with Crippen LogP contribution < -0.4 is 5.32 Å². The van der Waals surface area contributed by atoms with Gasteiger partial charge in [-0.3, -0.25) is 0 Å². The molecule has 0 rings (SSSR count). The van der Waals surface area contributed by atoms with Crippen LogP contribution in [-0.2, 0) is 0 Å². The molecule has 98 valence electrons. The van der Waals surface area contributed by atoms with Gasteiger partial charge in [0.05, 0.1) is 0 Å². The molecule has 0 aromatic rings. The van der Waals surface area contributed by atoms with Gasteiger partial charge in [-0.2, -0.15) is 0 Å². The second-order valence-electron chi connectivity index (χ2n) is 5.12. The molecule has 0 aliphatic rings. The van der Waals surface area contributed by atoms with Gasteiger partial charge in [0, 0.05) is 37.7 Å². The highest BCUT2D eigenvalue weighted by Gasteiger charge is 2.24. The van der Waals surface area contributed by atoms with Crippen molar-refractivity contribution >= 4 is 0 Å². The number of hydrogen-bond donors (Lipinski definition) is 2. The van der Waals surface area contributed by atoms with E-state index in [1.807, 2.05) is 0 Å². The molecule has 0 unspecified atom stereocenters. The lowest BCUT2D eigenvalue weighted by atomic mass is 9.83. The van der Waals surface area contributed by atoms with Crippen LogP contribution in [0.25, 0.3) is 0 Å². The van der Waals surface area contributed by atoms with Crippen LogP contribution in [0, 0.1) is 5.41 Å². The fraction of sp³-hybridized carbons (Fsp3) is 1.00. The van der Waals surface area contributed by atoms with E-state index in [1.54, 1.807) is 0 Å². The fourth-order valence-electron chi connectivity index (χ4n) is 1.65. The summed E-state index contributed by atoms with van der Waals surface area (Å²) in [5, 5.41) is 12.9. The second kappa shape index (κ2) is 8.04. The van der Waals surface area contributed by atoms with Crippen LogP contribution in [0.2, 0.25) is 0 Å². The Morgan fingerprint density at radius 2 is 1.81 bits per heavy atom. The highest BCUT2D eigenvalue weighted by atomic mass is 16.3. The van der Waals surface area contributed by atoms with Crippen LogP contribution in [0.15, 0.2) is 0 Å². The zero-order valence-corrected chi connectivity index (χ0v) is 11.7. The molecule has 3 heteroatoms. The number of nitrogens with one attached hydrogen (secondary N) is 1. The maximum absolute atomic E-state index is 9.42. The van der Waals surface area contributed by atoms with Crippen molar-refractivity contribution in [3.8, 4) is 0 Å². The molecule has 0 aliphatic heterocycles. The molecule has 2 N–H and O–H groups in total. The first kappa shape index (κ1) is 15.9. The highest BCUT2D eigenvalue weighted by molar-refractivity contribution is 4.78. The van der Waals surface area contributed by atoms with E-state index in [4.69, 9.17) is 0 Å². The van der Waals surface area contributed by atoms with Crippen molar-refractivity contribution in [1.29, 1.82) is 0 Å². The maximum atomic E-state index is 9.42. The molecule has 0 heterocycles. The fourth-order valence-corrected chi connectivity index (χ4v) is 1.65. The molecule has 16 heavy (non-hydrogen) atoms. The summed E-state index contributed by atoms with van der Waals surface area (Å²) in [5.74, 6) is 0. The molecule has 0 saturated heterocycles. The van der Waals surface area contributed by atoms with E-state index in [9.17, 15) is 5.11 Å². The van der Waals surface area contributed by atoms with Crippen molar-refractivity contribution in [3.63, 3.8) is 0 Å². The van der Waals surface area contributed by atoms with Gasteiger partial charge in [-0.25, -0.2) is 0 Å². The Labute approximate surface area is 101 Å². The molecular weight excluding hydrogens is 200 g/mol. The van der Waals surface area contributed by atoms with E-state index in [0.717, 1.165) is 32.5 Å². The zero-order valence-electron chi connectivity index (χ0n) is 11.7. The Bertz CT molecular complexity index is 159. The summed E-state index contributed by atoms with van der Waals surface area (Å²) in [4.78, 5) is 2.32. The monoisotopic (exact) mass is 230 g/mol. The van der Waals surface area contributed by atoms with Crippen LogP contribution in [0.3, 0.4) is 0 Å². The summed E-state index contributed by atoms with van der Waals surface area (Å²) in [7, 11) is 2.14. The molecular formula is C13H30N2O. The quantitative estimate of drug-likeness (QED) is 0.592. The molecule has 0 aromatic heterocycles. The van der Waals surface area contributed by atoms with Crippen LogP contribution in [0.5, 0.6) is 0 Å². The van der Waals surface area contributed by atoms with Gasteiger partial charge in [-0.15, -0.1) is 0 Å². The zero-order chi connectivity index (χ0) is 12.6. The van der Waals surface area contributed by atoms with Gasteiger partial charge in [-0.1, -0.05) is 13.8 Å². The summed E-state index contributed by atoms with van der Waals surface area (Å²) in [6.07, 6.45) is 2.07. The highest BCUT2D eigenvalue weighted by Crippen LogP contribution is 2.24. The maximum Gasteiger partial charge on any atom is 0.0499 e. The molecule has 0 bridgehead atoms. The molecule has 0 atom stereocenters. The lowest BCUT2D eigenvalue weighted by Gasteiger charge is -2.30. The lowest BCUT2D eigenvalue weighted by molar-refractivity contribution is 0.112. The third kappa shape index (κ3) is 5.28. The molecule has 0 amide bonds. The van der Waals surface area contributed by atoms with Crippen LogP contribution in [0.4, 0.5) is 0 Å². The van der Waals surface area contributed by atoms with Crippen molar-refractivity contribution in [2.75, 3.05) is 33.3 Å². The summed E-state index contributed by atoms with van der Waals surface area (Å²) in [6.45, 7) is 12.0. The molecule has 0 saturated carbocycles.